The molecule has 158 valence electrons. The highest BCUT2D eigenvalue weighted by atomic mass is 32.2. The Bertz CT molecular complexity index is 928. The lowest BCUT2D eigenvalue weighted by molar-refractivity contribution is -0.140. The van der Waals surface area contributed by atoms with Crippen LogP contribution in [0.25, 0.3) is 0 Å². The Balaban J connectivity index is 1.53. The summed E-state index contributed by atoms with van der Waals surface area (Å²) in [6, 6.07) is -0.620. The molecule has 10 heteroatoms. The highest BCUT2D eigenvalue weighted by Gasteiger charge is 2.51. The van der Waals surface area contributed by atoms with Crippen LogP contribution in [0.2, 0.25) is 0 Å². The monoisotopic (exact) mass is 421 g/mol. The number of hydrogen-bond donors (Lipinski definition) is 1. The van der Waals surface area contributed by atoms with Gasteiger partial charge in [-0.3, -0.25) is 9.69 Å². The summed E-state index contributed by atoms with van der Waals surface area (Å²) in [7, 11) is -1.82. The minimum absolute atomic E-state index is 0.0826. The van der Waals surface area contributed by atoms with Gasteiger partial charge in [-0.15, -0.1) is 0 Å². The number of urea groups is 1. The normalized spacial score (nSPS) is 29.0. The van der Waals surface area contributed by atoms with Crippen molar-refractivity contribution < 1.29 is 18.0 Å². The van der Waals surface area contributed by atoms with E-state index >= 15 is 0 Å². The Hall–Kier alpha value is -2.07. The number of nitrogens with zero attached hydrogens (tertiary/aromatic N) is 4. The number of imide groups is 1. The van der Waals surface area contributed by atoms with E-state index in [1.54, 1.807) is 31.3 Å². The molecule has 3 aliphatic rings. The number of carbonyl (C=O) groups excluding carboxylic acids is 2. The van der Waals surface area contributed by atoms with Gasteiger partial charge in [-0.05, 0) is 46.0 Å². The van der Waals surface area contributed by atoms with Crippen molar-refractivity contribution in [3.63, 3.8) is 0 Å². The van der Waals surface area contributed by atoms with Gasteiger partial charge in [0.25, 0.3) is 0 Å². The van der Waals surface area contributed by atoms with Gasteiger partial charge in [0.2, 0.25) is 15.9 Å². The van der Waals surface area contributed by atoms with Crippen LogP contribution in [0.3, 0.4) is 0 Å². The lowest BCUT2D eigenvalue weighted by atomic mass is 9.81. The van der Waals surface area contributed by atoms with Gasteiger partial charge in [0.15, 0.2) is 0 Å². The van der Waals surface area contributed by atoms with Crippen molar-refractivity contribution >= 4 is 22.0 Å². The van der Waals surface area contributed by atoms with E-state index < -0.39 is 21.2 Å². The van der Waals surface area contributed by atoms with E-state index in [9.17, 15) is 18.0 Å². The Kier molecular flexibility index (Phi) is 4.89. The molecule has 3 fully saturated rings. The Morgan fingerprint density at radius 1 is 1.21 bits per heavy atom. The summed E-state index contributed by atoms with van der Waals surface area (Å²) in [5.74, 6) is -0.220. The second kappa shape index (κ2) is 7.02. The average Bonchev–Trinajstić information content (AvgIpc) is 3.40. The van der Waals surface area contributed by atoms with Crippen LogP contribution in [0.4, 0.5) is 4.79 Å². The molecule has 3 unspecified atom stereocenters. The summed E-state index contributed by atoms with van der Waals surface area (Å²) in [6.45, 7) is 3.75. The van der Waals surface area contributed by atoms with Crippen LogP contribution in [0.5, 0.6) is 0 Å². The third kappa shape index (κ3) is 3.87. The molecule has 1 N–H and O–H groups in total. The third-order valence-corrected chi connectivity index (χ3v) is 8.46. The molecule has 2 heterocycles. The quantitative estimate of drug-likeness (QED) is 0.764. The fourth-order valence-corrected chi connectivity index (χ4v) is 6.26. The molecule has 1 aromatic heterocycles. The molecular weight excluding hydrogens is 394 g/mol. The van der Waals surface area contributed by atoms with Crippen LogP contribution >= 0.6 is 0 Å². The molecule has 0 aromatic carbocycles. The summed E-state index contributed by atoms with van der Waals surface area (Å²) in [6.07, 6.45) is 6.06. The first-order valence-electron chi connectivity index (χ1n) is 9.98. The minimum Gasteiger partial charge on any atom is -0.324 e. The zero-order valence-corrected chi connectivity index (χ0v) is 17.8. The number of rotatable bonds is 5. The van der Waals surface area contributed by atoms with E-state index in [2.05, 4.69) is 14.7 Å². The van der Waals surface area contributed by atoms with Crippen molar-refractivity contribution in [1.29, 1.82) is 0 Å². The third-order valence-electron chi connectivity index (χ3n) is 6.38. The number of fused-ring (bicyclic) bond motifs is 1. The standard InChI is InChI=1S/C19H27N5O4S/c1-12-20-9-13(10-21-12)11-24-17(25)15-8-14(4-5-16(15)23(3)18(24)26)29(27,28)22-19(2)6-7-19/h9-10,14-16,22H,4-8,11H2,1-3H3. The van der Waals surface area contributed by atoms with Crippen LogP contribution in [-0.2, 0) is 21.4 Å². The average molecular weight is 422 g/mol. The number of nitrogens with one attached hydrogen (secondary N) is 1. The van der Waals surface area contributed by atoms with Gasteiger partial charge in [0, 0.05) is 36.6 Å². The number of carbonyl (C=O) groups is 2. The predicted molar refractivity (Wildman–Crippen MR) is 105 cm³/mol. The summed E-state index contributed by atoms with van der Waals surface area (Å²) >= 11 is 0. The molecule has 1 aliphatic heterocycles. The van der Waals surface area contributed by atoms with Crippen molar-refractivity contribution in [2.75, 3.05) is 7.05 Å². The molecule has 3 atom stereocenters. The topological polar surface area (TPSA) is 113 Å². The first-order valence-corrected chi connectivity index (χ1v) is 11.5. The first kappa shape index (κ1) is 20.2. The number of hydrogen-bond acceptors (Lipinski definition) is 6. The first-order chi connectivity index (χ1) is 13.6. The summed E-state index contributed by atoms with van der Waals surface area (Å²) in [5.41, 5.74) is 0.323. The highest BCUT2D eigenvalue weighted by Crippen LogP contribution is 2.39. The van der Waals surface area contributed by atoms with E-state index in [0.29, 0.717) is 24.2 Å². The van der Waals surface area contributed by atoms with Crippen molar-refractivity contribution in [1.82, 2.24) is 24.5 Å². The second-order valence-electron chi connectivity index (χ2n) is 8.77. The highest BCUT2D eigenvalue weighted by molar-refractivity contribution is 7.90. The Morgan fingerprint density at radius 3 is 2.48 bits per heavy atom. The number of amides is 3. The van der Waals surface area contributed by atoms with Gasteiger partial charge in [-0.2, -0.15) is 0 Å². The Labute approximate surface area is 170 Å². The van der Waals surface area contributed by atoms with Crippen molar-refractivity contribution in [3.05, 3.63) is 23.8 Å². The summed E-state index contributed by atoms with van der Waals surface area (Å²) in [4.78, 5) is 37.0. The van der Waals surface area contributed by atoms with E-state index in [0.717, 1.165) is 12.8 Å². The van der Waals surface area contributed by atoms with Gasteiger partial charge in [0.05, 0.1) is 17.7 Å². The van der Waals surface area contributed by atoms with Gasteiger partial charge in [0.1, 0.15) is 5.82 Å². The zero-order valence-electron chi connectivity index (χ0n) is 17.0. The molecule has 2 aliphatic carbocycles. The molecule has 9 nitrogen and oxygen atoms in total. The van der Waals surface area contributed by atoms with Crippen LogP contribution in [0, 0.1) is 12.8 Å². The van der Waals surface area contributed by atoms with Gasteiger partial charge in [-0.1, -0.05) is 0 Å². The maximum atomic E-state index is 13.2. The molecule has 1 saturated heterocycles. The van der Waals surface area contributed by atoms with Gasteiger partial charge < -0.3 is 4.90 Å². The van der Waals surface area contributed by atoms with Crippen molar-refractivity contribution in [3.8, 4) is 0 Å². The molecule has 3 amide bonds. The lowest BCUT2D eigenvalue weighted by Gasteiger charge is -2.46. The zero-order chi connectivity index (χ0) is 21.0. The van der Waals surface area contributed by atoms with Crippen LogP contribution in [0.15, 0.2) is 12.4 Å². The molecule has 1 aromatic rings. The smallest absolute Gasteiger partial charge is 0.324 e. The fourth-order valence-electron chi connectivity index (χ4n) is 4.30. The molecule has 0 bridgehead atoms. The van der Waals surface area contributed by atoms with Crippen LogP contribution in [0.1, 0.15) is 50.4 Å². The molecular formula is C19H27N5O4S. The van der Waals surface area contributed by atoms with E-state index in [1.807, 2.05) is 6.92 Å². The number of sulfonamides is 1. The van der Waals surface area contributed by atoms with Crippen molar-refractivity contribution in [2.45, 2.75) is 69.3 Å². The SMILES string of the molecule is Cc1ncc(CN2C(=O)C3CC(S(=O)(=O)NC4(C)CC4)CCC3N(C)C2=O)cn1. The molecule has 4 rings (SSSR count). The Morgan fingerprint density at radius 2 is 1.86 bits per heavy atom. The van der Waals surface area contributed by atoms with Crippen LogP contribution < -0.4 is 4.72 Å². The van der Waals surface area contributed by atoms with Gasteiger partial charge in [-0.25, -0.2) is 27.9 Å². The van der Waals surface area contributed by atoms with E-state index in [-0.39, 0.29) is 36.5 Å². The summed E-state index contributed by atoms with van der Waals surface area (Å²) in [5, 5.41) is -0.615. The minimum atomic E-state index is -3.51. The van der Waals surface area contributed by atoms with E-state index in [1.165, 1.54) is 4.90 Å². The molecule has 29 heavy (non-hydrogen) atoms. The molecule has 0 spiro atoms. The molecule has 0 radical (unpaired) electrons. The van der Waals surface area contributed by atoms with Crippen molar-refractivity contribution in [2.24, 2.45) is 5.92 Å². The number of aryl methyl sites for hydroxylation is 1. The summed E-state index contributed by atoms with van der Waals surface area (Å²) < 4.78 is 28.5. The maximum Gasteiger partial charge on any atom is 0.327 e. The lowest BCUT2D eigenvalue weighted by Crippen LogP contribution is -2.62. The fraction of sp³-hybridized carbons (Fsp3) is 0.684. The van der Waals surface area contributed by atoms with E-state index in [4.69, 9.17) is 0 Å². The maximum absolute atomic E-state index is 13.2. The van der Waals surface area contributed by atoms with Gasteiger partial charge >= 0.3 is 6.03 Å². The molecule has 2 saturated carbocycles. The van der Waals surface area contributed by atoms with Crippen LogP contribution in [-0.4, -0.2) is 64.0 Å². The predicted octanol–water partition coefficient (Wildman–Crippen LogP) is 1.19. The largest absolute Gasteiger partial charge is 0.327 e. The second-order valence-corrected chi connectivity index (χ2v) is 10.7. The number of aromatic nitrogens is 2.